The number of methoxy groups -OCH3 is 1. The molecule has 0 aliphatic carbocycles. The number of hydrogen-bond donors (Lipinski definition) is 1. The predicted molar refractivity (Wildman–Crippen MR) is 86.6 cm³/mol. The quantitative estimate of drug-likeness (QED) is 0.851. The molecule has 0 amide bonds. The lowest BCUT2D eigenvalue weighted by molar-refractivity contribution is 0.204. The van der Waals surface area contributed by atoms with Crippen LogP contribution in [0.25, 0.3) is 10.9 Å². The number of fused-ring (bicyclic) bond motifs is 1. The van der Waals surface area contributed by atoms with Gasteiger partial charge in [0.1, 0.15) is 5.82 Å². The van der Waals surface area contributed by atoms with Gasteiger partial charge in [-0.1, -0.05) is 32.0 Å². The van der Waals surface area contributed by atoms with Crippen molar-refractivity contribution in [3.8, 4) is 0 Å². The van der Waals surface area contributed by atoms with Gasteiger partial charge in [0.05, 0.1) is 18.7 Å². The molecule has 1 aromatic carbocycles. The number of aliphatic hydroxyl groups excluding tert-OH is 1. The fourth-order valence-corrected chi connectivity index (χ4v) is 2.47. The number of ether oxygens (including phenoxy) is 1. The van der Waals surface area contributed by atoms with Gasteiger partial charge in [0, 0.05) is 25.6 Å². The van der Waals surface area contributed by atoms with Crippen molar-refractivity contribution in [3.63, 3.8) is 0 Å². The van der Waals surface area contributed by atoms with Crippen molar-refractivity contribution >= 4 is 16.7 Å². The molecule has 4 heteroatoms. The number of aromatic nitrogens is 1. The van der Waals surface area contributed by atoms with E-state index < -0.39 is 0 Å². The zero-order valence-corrected chi connectivity index (χ0v) is 13.0. The van der Waals surface area contributed by atoms with Crippen molar-refractivity contribution < 1.29 is 9.84 Å². The Hall–Kier alpha value is -1.65. The summed E-state index contributed by atoms with van der Waals surface area (Å²) in [4.78, 5) is 6.97. The first-order valence-electron chi connectivity index (χ1n) is 7.39. The Morgan fingerprint density at radius 3 is 2.71 bits per heavy atom. The first-order valence-corrected chi connectivity index (χ1v) is 7.39. The zero-order valence-electron chi connectivity index (χ0n) is 13.0. The van der Waals surface area contributed by atoms with Crippen molar-refractivity contribution in [3.05, 3.63) is 35.9 Å². The SMILES string of the molecule is COCCN(CC(C)C)c1cc(CO)c2ccccc2n1. The van der Waals surface area contributed by atoms with Crippen molar-refractivity contribution in [2.24, 2.45) is 5.92 Å². The Bertz CT molecular complexity index is 584. The smallest absolute Gasteiger partial charge is 0.129 e. The Morgan fingerprint density at radius 1 is 1.29 bits per heavy atom. The highest BCUT2D eigenvalue weighted by molar-refractivity contribution is 5.84. The standard InChI is InChI=1S/C17H24N2O2/c1-13(2)11-19(8-9-21-3)17-10-14(12-20)15-6-4-5-7-16(15)18-17/h4-7,10,13,20H,8-9,11-12H2,1-3H3. The summed E-state index contributed by atoms with van der Waals surface area (Å²) < 4.78 is 5.20. The molecule has 0 fully saturated rings. The number of pyridine rings is 1. The maximum absolute atomic E-state index is 9.63. The second kappa shape index (κ2) is 7.38. The summed E-state index contributed by atoms with van der Waals surface area (Å²) in [7, 11) is 1.71. The molecule has 4 nitrogen and oxygen atoms in total. The lowest BCUT2D eigenvalue weighted by atomic mass is 10.1. The van der Waals surface area contributed by atoms with Crippen LogP contribution < -0.4 is 4.90 Å². The van der Waals surface area contributed by atoms with Gasteiger partial charge in [-0.2, -0.15) is 0 Å². The monoisotopic (exact) mass is 288 g/mol. The second-order valence-corrected chi connectivity index (χ2v) is 5.65. The van der Waals surface area contributed by atoms with E-state index in [9.17, 15) is 5.11 Å². The van der Waals surface area contributed by atoms with Crippen LogP contribution in [0.1, 0.15) is 19.4 Å². The largest absolute Gasteiger partial charge is 0.392 e. The van der Waals surface area contributed by atoms with E-state index in [1.54, 1.807) is 7.11 Å². The molecule has 114 valence electrons. The van der Waals surface area contributed by atoms with Gasteiger partial charge in [0.15, 0.2) is 0 Å². The second-order valence-electron chi connectivity index (χ2n) is 5.65. The third-order valence-corrected chi connectivity index (χ3v) is 3.43. The molecular formula is C17H24N2O2. The lowest BCUT2D eigenvalue weighted by Gasteiger charge is -2.26. The zero-order chi connectivity index (χ0) is 15.2. The molecule has 0 unspecified atom stereocenters. The molecule has 0 spiro atoms. The van der Waals surface area contributed by atoms with Gasteiger partial charge in [0.2, 0.25) is 0 Å². The number of rotatable bonds is 7. The highest BCUT2D eigenvalue weighted by Gasteiger charge is 2.13. The van der Waals surface area contributed by atoms with Crippen LogP contribution in [-0.4, -0.2) is 36.9 Å². The summed E-state index contributed by atoms with van der Waals surface area (Å²) in [6.45, 7) is 6.78. The summed E-state index contributed by atoms with van der Waals surface area (Å²) >= 11 is 0. The van der Waals surface area contributed by atoms with Crippen LogP contribution >= 0.6 is 0 Å². The van der Waals surface area contributed by atoms with Crippen LogP contribution in [0.4, 0.5) is 5.82 Å². The Balaban J connectivity index is 2.41. The Labute approximate surface area is 126 Å². The fourth-order valence-electron chi connectivity index (χ4n) is 2.47. The third-order valence-electron chi connectivity index (χ3n) is 3.43. The molecular weight excluding hydrogens is 264 g/mol. The van der Waals surface area contributed by atoms with Crippen molar-refractivity contribution in [2.75, 3.05) is 31.7 Å². The molecule has 1 aromatic heterocycles. The van der Waals surface area contributed by atoms with Crippen LogP contribution in [0.5, 0.6) is 0 Å². The van der Waals surface area contributed by atoms with Crippen LogP contribution in [-0.2, 0) is 11.3 Å². The minimum absolute atomic E-state index is 0.0236. The van der Waals surface area contributed by atoms with Gasteiger partial charge in [-0.3, -0.25) is 0 Å². The van der Waals surface area contributed by atoms with E-state index in [2.05, 4.69) is 18.7 Å². The molecule has 0 saturated carbocycles. The normalized spacial score (nSPS) is 11.3. The first-order chi connectivity index (χ1) is 10.2. The highest BCUT2D eigenvalue weighted by atomic mass is 16.5. The molecule has 0 radical (unpaired) electrons. The molecule has 2 aromatic rings. The minimum atomic E-state index is 0.0236. The molecule has 0 aliphatic heterocycles. The lowest BCUT2D eigenvalue weighted by Crippen LogP contribution is -2.31. The van der Waals surface area contributed by atoms with E-state index >= 15 is 0 Å². The van der Waals surface area contributed by atoms with Crippen LogP contribution in [0.2, 0.25) is 0 Å². The van der Waals surface area contributed by atoms with E-state index in [0.29, 0.717) is 12.5 Å². The number of hydrogen-bond acceptors (Lipinski definition) is 4. The van der Waals surface area contributed by atoms with Gasteiger partial charge in [0.25, 0.3) is 0 Å². The summed E-state index contributed by atoms with van der Waals surface area (Å²) in [6, 6.07) is 9.92. The summed E-state index contributed by atoms with van der Waals surface area (Å²) in [5.41, 5.74) is 1.84. The number of aliphatic hydroxyl groups is 1. The van der Waals surface area contributed by atoms with E-state index in [4.69, 9.17) is 9.72 Å². The van der Waals surface area contributed by atoms with Crippen LogP contribution in [0, 0.1) is 5.92 Å². The first kappa shape index (κ1) is 15.7. The van der Waals surface area contributed by atoms with E-state index in [-0.39, 0.29) is 6.61 Å². The highest BCUT2D eigenvalue weighted by Crippen LogP contribution is 2.23. The fraction of sp³-hybridized carbons (Fsp3) is 0.471. The molecule has 0 aliphatic rings. The van der Waals surface area contributed by atoms with Gasteiger partial charge in [-0.15, -0.1) is 0 Å². The van der Waals surface area contributed by atoms with Crippen molar-refractivity contribution in [2.45, 2.75) is 20.5 Å². The average Bonchev–Trinajstić information content (AvgIpc) is 2.49. The van der Waals surface area contributed by atoms with E-state index in [0.717, 1.165) is 35.4 Å². The summed E-state index contributed by atoms with van der Waals surface area (Å²) in [5.74, 6) is 1.44. The number of anilines is 1. The maximum atomic E-state index is 9.63. The number of benzene rings is 1. The topological polar surface area (TPSA) is 45.6 Å². The molecule has 1 N–H and O–H groups in total. The predicted octanol–water partition coefficient (Wildman–Crippen LogP) is 2.84. The molecule has 0 atom stereocenters. The summed E-state index contributed by atoms with van der Waals surface area (Å²) in [6.07, 6.45) is 0. The van der Waals surface area contributed by atoms with Crippen molar-refractivity contribution in [1.82, 2.24) is 4.98 Å². The summed E-state index contributed by atoms with van der Waals surface area (Å²) in [5, 5.41) is 10.6. The minimum Gasteiger partial charge on any atom is -0.392 e. The maximum Gasteiger partial charge on any atom is 0.129 e. The van der Waals surface area contributed by atoms with Gasteiger partial charge in [-0.25, -0.2) is 4.98 Å². The van der Waals surface area contributed by atoms with Crippen LogP contribution in [0.3, 0.4) is 0 Å². The third kappa shape index (κ3) is 3.93. The van der Waals surface area contributed by atoms with Gasteiger partial charge in [-0.05, 0) is 23.6 Å². The Morgan fingerprint density at radius 2 is 2.05 bits per heavy atom. The van der Waals surface area contributed by atoms with Crippen LogP contribution in [0.15, 0.2) is 30.3 Å². The average molecular weight is 288 g/mol. The van der Waals surface area contributed by atoms with Gasteiger partial charge < -0.3 is 14.7 Å². The number of nitrogens with zero attached hydrogens (tertiary/aromatic N) is 2. The van der Waals surface area contributed by atoms with E-state index in [1.165, 1.54) is 0 Å². The Kier molecular flexibility index (Phi) is 5.53. The number of para-hydroxylation sites is 1. The molecule has 0 saturated heterocycles. The molecule has 0 bridgehead atoms. The molecule has 21 heavy (non-hydrogen) atoms. The van der Waals surface area contributed by atoms with E-state index in [1.807, 2.05) is 30.3 Å². The molecule has 1 heterocycles. The van der Waals surface area contributed by atoms with Crippen molar-refractivity contribution in [1.29, 1.82) is 0 Å². The van der Waals surface area contributed by atoms with Gasteiger partial charge >= 0.3 is 0 Å². The molecule has 2 rings (SSSR count).